The van der Waals surface area contributed by atoms with Crippen LogP contribution < -0.4 is 5.32 Å². The zero-order valence-corrected chi connectivity index (χ0v) is 8.71. The van der Waals surface area contributed by atoms with Gasteiger partial charge in [0.05, 0.1) is 5.69 Å². The number of anilines is 2. The van der Waals surface area contributed by atoms with Gasteiger partial charge in [0.15, 0.2) is 5.69 Å². The fourth-order valence-corrected chi connectivity index (χ4v) is 1.41. The molecule has 2 N–H and O–H groups in total. The summed E-state index contributed by atoms with van der Waals surface area (Å²) >= 11 is 0. The lowest BCUT2D eigenvalue weighted by atomic mass is 10.3. The summed E-state index contributed by atoms with van der Waals surface area (Å²) in [6.07, 6.45) is 1.64. The van der Waals surface area contributed by atoms with Gasteiger partial charge in [0.2, 0.25) is 0 Å². The quantitative estimate of drug-likeness (QED) is 0.823. The average molecular weight is 217 g/mol. The van der Waals surface area contributed by atoms with Gasteiger partial charge >= 0.3 is 5.97 Å². The Morgan fingerprint density at radius 1 is 1.38 bits per heavy atom. The lowest BCUT2D eigenvalue weighted by Crippen LogP contribution is -2.02. The van der Waals surface area contributed by atoms with Gasteiger partial charge in [0.1, 0.15) is 0 Å². The Balaban J connectivity index is 2.31. The van der Waals surface area contributed by atoms with Crippen LogP contribution in [0.25, 0.3) is 0 Å². The van der Waals surface area contributed by atoms with Crippen molar-refractivity contribution in [2.45, 2.75) is 0 Å². The summed E-state index contributed by atoms with van der Waals surface area (Å²) < 4.78 is 1.47. The molecule has 1 aromatic carbocycles. The third kappa shape index (κ3) is 2.03. The lowest BCUT2D eigenvalue weighted by Gasteiger charge is -2.03. The molecular weight excluding hydrogens is 206 g/mol. The van der Waals surface area contributed by atoms with Gasteiger partial charge in [-0.05, 0) is 12.1 Å². The molecule has 0 saturated heterocycles. The molecule has 0 radical (unpaired) electrons. The molecule has 0 atom stereocenters. The molecule has 16 heavy (non-hydrogen) atoms. The molecule has 0 aliphatic rings. The molecule has 2 aromatic rings. The van der Waals surface area contributed by atoms with E-state index in [0.717, 1.165) is 5.69 Å². The number of aromatic carboxylic acids is 1. The smallest absolute Gasteiger partial charge is 0.358 e. The summed E-state index contributed by atoms with van der Waals surface area (Å²) in [5, 5.41) is 15.8. The van der Waals surface area contributed by atoms with Crippen molar-refractivity contribution in [3.8, 4) is 0 Å². The maximum absolute atomic E-state index is 10.9. The molecule has 0 aliphatic heterocycles. The second kappa shape index (κ2) is 4.06. The standard InChI is InChI=1S/C11H11N3O2/c1-14-7-9(10(13-14)11(15)16)12-8-5-3-2-4-6-8/h2-7,12H,1H3,(H,15,16). The number of nitrogens with zero attached hydrogens (tertiary/aromatic N) is 2. The predicted molar refractivity (Wildman–Crippen MR) is 59.9 cm³/mol. The van der Waals surface area contributed by atoms with E-state index in [1.165, 1.54) is 4.68 Å². The second-order valence-electron chi connectivity index (χ2n) is 3.36. The van der Waals surface area contributed by atoms with Gasteiger partial charge in [0.25, 0.3) is 0 Å². The molecule has 1 heterocycles. The number of rotatable bonds is 3. The molecule has 0 aliphatic carbocycles. The molecule has 5 heteroatoms. The lowest BCUT2D eigenvalue weighted by molar-refractivity contribution is 0.0690. The minimum Gasteiger partial charge on any atom is -0.476 e. The minimum atomic E-state index is -1.04. The van der Waals surface area contributed by atoms with Gasteiger partial charge in [-0.25, -0.2) is 4.79 Å². The number of benzene rings is 1. The Hall–Kier alpha value is -2.30. The van der Waals surface area contributed by atoms with Crippen molar-refractivity contribution in [1.29, 1.82) is 0 Å². The zero-order chi connectivity index (χ0) is 11.5. The van der Waals surface area contributed by atoms with E-state index < -0.39 is 5.97 Å². The largest absolute Gasteiger partial charge is 0.476 e. The molecular formula is C11H11N3O2. The molecule has 0 saturated carbocycles. The highest BCUT2D eigenvalue weighted by Crippen LogP contribution is 2.19. The molecule has 0 unspecified atom stereocenters. The van der Waals surface area contributed by atoms with E-state index in [4.69, 9.17) is 5.11 Å². The van der Waals surface area contributed by atoms with Crippen LogP contribution in [0.1, 0.15) is 10.5 Å². The van der Waals surface area contributed by atoms with Crippen molar-refractivity contribution in [3.05, 3.63) is 42.2 Å². The Labute approximate surface area is 92.3 Å². The number of carbonyl (C=O) groups is 1. The molecule has 0 amide bonds. The molecule has 82 valence electrons. The van der Waals surface area contributed by atoms with Crippen LogP contribution in [0.5, 0.6) is 0 Å². The average Bonchev–Trinajstić information content (AvgIpc) is 2.61. The van der Waals surface area contributed by atoms with Gasteiger partial charge in [-0.15, -0.1) is 0 Å². The van der Waals surface area contributed by atoms with Crippen molar-refractivity contribution < 1.29 is 9.90 Å². The van der Waals surface area contributed by atoms with Crippen molar-refractivity contribution in [2.24, 2.45) is 7.05 Å². The Morgan fingerprint density at radius 2 is 2.06 bits per heavy atom. The molecule has 2 rings (SSSR count). The Kier molecular flexibility index (Phi) is 2.59. The van der Waals surface area contributed by atoms with Crippen molar-refractivity contribution >= 4 is 17.3 Å². The van der Waals surface area contributed by atoms with E-state index in [0.29, 0.717) is 5.69 Å². The predicted octanol–water partition coefficient (Wildman–Crippen LogP) is 1.86. The van der Waals surface area contributed by atoms with E-state index in [-0.39, 0.29) is 5.69 Å². The molecule has 0 fully saturated rings. The van der Waals surface area contributed by atoms with Crippen LogP contribution in [0.4, 0.5) is 11.4 Å². The van der Waals surface area contributed by atoms with E-state index in [1.807, 2.05) is 30.3 Å². The third-order valence-corrected chi connectivity index (χ3v) is 2.08. The second-order valence-corrected chi connectivity index (χ2v) is 3.36. The van der Waals surface area contributed by atoms with Crippen LogP contribution >= 0.6 is 0 Å². The first-order valence-corrected chi connectivity index (χ1v) is 4.76. The number of aryl methyl sites for hydroxylation is 1. The molecule has 0 bridgehead atoms. The number of nitrogens with one attached hydrogen (secondary N) is 1. The SMILES string of the molecule is Cn1cc(Nc2ccccc2)c(C(=O)O)n1. The van der Waals surface area contributed by atoms with Crippen LogP contribution in [0, 0.1) is 0 Å². The van der Waals surface area contributed by atoms with Gasteiger partial charge in [0, 0.05) is 18.9 Å². The number of carboxylic acids is 1. The van der Waals surface area contributed by atoms with E-state index in [9.17, 15) is 4.79 Å². The topological polar surface area (TPSA) is 67.2 Å². The van der Waals surface area contributed by atoms with Crippen molar-refractivity contribution in [3.63, 3.8) is 0 Å². The maximum Gasteiger partial charge on any atom is 0.358 e. The summed E-state index contributed by atoms with van der Waals surface area (Å²) in [6, 6.07) is 9.36. The van der Waals surface area contributed by atoms with E-state index in [2.05, 4.69) is 10.4 Å². The normalized spacial score (nSPS) is 10.1. The van der Waals surface area contributed by atoms with Crippen LogP contribution in [-0.2, 0) is 7.05 Å². The monoisotopic (exact) mass is 217 g/mol. The number of hydrogen-bond acceptors (Lipinski definition) is 3. The minimum absolute atomic E-state index is 0.0198. The van der Waals surface area contributed by atoms with Crippen molar-refractivity contribution in [2.75, 3.05) is 5.32 Å². The highest BCUT2D eigenvalue weighted by Gasteiger charge is 2.14. The molecule has 0 spiro atoms. The first kappa shape index (κ1) is 10.2. The fourth-order valence-electron chi connectivity index (χ4n) is 1.41. The van der Waals surface area contributed by atoms with Crippen molar-refractivity contribution in [1.82, 2.24) is 9.78 Å². The third-order valence-electron chi connectivity index (χ3n) is 2.08. The molecule has 1 aromatic heterocycles. The summed E-state index contributed by atoms with van der Waals surface area (Å²) in [7, 11) is 1.68. The first-order chi connectivity index (χ1) is 7.66. The fraction of sp³-hybridized carbons (Fsp3) is 0.0909. The zero-order valence-electron chi connectivity index (χ0n) is 8.71. The van der Waals surface area contributed by atoms with Crippen LogP contribution in [0.3, 0.4) is 0 Å². The maximum atomic E-state index is 10.9. The number of carboxylic acid groups (broad SMARTS) is 1. The van der Waals surface area contributed by atoms with Gasteiger partial charge in [-0.1, -0.05) is 18.2 Å². The number of hydrogen-bond donors (Lipinski definition) is 2. The van der Waals surface area contributed by atoms with Crippen LogP contribution in [0.2, 0.25) is 0 Å². The van der Waals surface area contributed by atoms with Gasteiger partial charge in [-0.3, -0.25) is 4.68 Å². The number of aromatic nitrogens is 2. The summed E-state index contributed by atoms with van der Waals surface area (Å²) in [5.41, 5.74) is 1.34. The van der Waals surface area contributed by atoms with Gasteiger partial charge < -0.3 is 10.4 Å². The Bertz CT molecular complexity index is 505. The van der Waals surface area contributed by atoms with E-state index >= 15 is 0 Å². The summed E-state index contributed by atoms with van der Waals surface area (Å²) in [6.45, 7) is 0. The number of para-hydroxylation sites is 1. The highest BCUT2D eigenvalue weighted by atomic mass is 16.4. The van der Waals surface area contributed by atoms with E-state index in [1.54, 1.807) is 13.2 Å². The summed E-state index contributed by atoms with van der Waals surface area (Å²) in [4.78, 5) is 10.9. The van der Waals surface area contributed by atoms with Crippen LogP contribution in [0.15, 0.2) is 36.5 Å². The van der Waals surface area contributed by atoms with Crippen LogP contribution in [-0.4, -0.2) is 20.9 Å². The Morgan fingerprint density at radius 3 is 2.69 bits per heavy atom. The highest BCUT2D eigenvalue weighted by molar-refractivity contribution is 5.92. The first-order valence-electron chi connectivity index (χ1n) is 4.76. The molecule has 5 nitrogen and oxygen atoms in total. The summed E-state index contributed by atoms with van der Waals surface area (Å²) in [5.74, 6) is -1.04. The van der Waals surface area contributed by atoms with Gasteiger partial charge in [-0.2, -0.15) is 5.10 Å².